The average molecular weight is 450 g/mol. The van der Waals surface area contributed by atoms with Crippen LogP contribution in [0.25, 0.3) is 0 Å². The van der Waals surface area contributed by atoms with Crippen molar-refractivity contribution in [3.8, 4) is 0 Å². The molecule has 0 heterocycles. The molecular formula is H2Fe2O15S3. The van der Waals surface area contributed by atoms with Gasteiger partial charge in [-0.05, 0) is 0 Å². The first-order valence-electron chi connectivity index (χ1n) is 2.37. The Balaban J connectivity index is -0.0000000321. The van der Waals surface area contributed by atoms with Gasteiger partial charge in [0.2, 0.25) is 0 Å². The van der Waals surface area contributed by atoms with Crippen molar-refractivity contribution in [1.82, 2.24) is 0 Å². The van der Waals surface area contributed by atoms with Gasteiger partial charge in [0, 0.05) is 31.2 Å². The maximum absolute atomic E-state index is 8.52. The summed E-state index contributed by atoms with van der Waals surface area (Å²) >= 11 is 0. The van der Waals surface area contributed by atoms with Gasteiger partial charge >= 0.3 is 34.1 Å². The van der Waals surface area contributed by atoms with E-state index in [1.165, 1.54) is 0 Å². The van der Waals surface area contributed by atoms with Crippen molar-refractivity contribution < 1.29 is 102 Å². The summed E-state index contributed by atoms with van der Waals surface area (Å²) in [5.41, 5.74) is 0. The molecule has 0 unspecified atom stereocenters. The second-order valence-corrected chi connectivity index (χ2v) is 3.76. The summed E-state index contributed by atoms with van der Waals surface area (Å²) in [6.07, 6.45) is 0. The van der Waals surface area contributed by atoms with E-state index in [1.807, 2.05) is 0 Å². The van der Waals surface area contributed by atoms with E-state index in [4.69, 9.17) is 63.1 Å². The van der Waals surface area contributed by atoms with E-state index in [-0.39, 0.29) is 34.1 Å². The minimum atomic E-state index is -5.17. The van der Waals surface area contributed by atoms with Gasteiger partial charge in [-0.1, -0.05) is 5.04 Å². The molecular weight excluding hydrogens is 448 g/mol. The SMILES string of the molecule is O=S(=O)([O-])[O-].O=S(=O)([O-])[O-].O=S(=O)([O-])[O-].OOO.[Fe+3].[Fe+3]. The zero-order valence-corrected chi connectivity index (χ0v) is 12.8. The molecule has 0 bridgehead atoms. The van der Waals surface area contributed by atoms with E-state index in [0.29, 0.717) is 0 Å². The molecule has 0 aromatic heterocycles. The Morgan fingerprint density at radius 2 is 0.550 bits per heavy atom. The van der Waals surface area contributed by atoms with Crippen LogP contribution in [0.1, 0.15) is 0 Å². The normalized spacial score (nSPS) is 9.60. The summed E-state index contributed by atoms with van der Waals surface area (Å²) < 4.78 is 102. The van der Waals surface area contributed by atoms with E-state index < -0.39 is 31.2 Å². The predicted molar refractivity (Wildman–Crippen MR) is 37.8 cm³/mol. The molecule has 0 aromatic carbocycles. The molecule has 0 spiro atoms. The first kappa shape index (κ1) is 37.1. The van der Waals surface area contributed by atoms with Crippen LogP contribution in [0.3, 0.4) is 0 Å². The number of hydrogen-bond acceptors (Lipinski definition) is 15. The van der Waals surface area contributed by atoms with Crippen LogP contribution in [0.2, 0.25) is 0 Å². The van der Waals surface area contributed by atoms with Crippen LogP contribution in [0.5, 0.6) is 0 Å². The van der Waals surface area contributed by atoms with Crippen LogP contribution >= 0.6 is 0 Å². The Morgan fingerprint density at radius 1 is 0.550 bits per heavy atom. The third-order valence-corrected chi connectivity index (χ3v) is 0. The van der Waals surface area contributed by atoms with Crippen LogP contribution in [0.15, 0.2) is 0 Å². The summed E-state index contributed by atoms with van der Waals surface area (Å²) in [6.45, 7) is 0. The van der Waals surface area contributed by atoms with Crippen LogP contribution in [-0.4, -0.2) is 63.1 Å². The Hall–Kier alpha value is 0.529. The summed E-state index contributed by atoms with van der Waals surface area (Å²) in [5.74, 6) is 0. The van der Waals surface area contributed by atoms with Crippen molar-refractivity contribution in [2.24, 2.45) is 0 Å². The summed E-state index contributed by atoms with van der Waals surface area (Å²) in [5, 5.41) is 15.5. The zero-order chi connectivity index (χ0) is 16.2. The molecule has 0 rings (SSSR count). The first-order chi connectivity index (χ1) is 7.41. The fraction of sp³-hybridized carbons (Fsp3) is 0. The van der Waals surface area contributed by atoms with Crippen molar-refractivity contribution in [3.05, 3.63) is 0 Å². The molecule has 126 valence electrons. The molecule has 0 aliphatic heterocycles. The van der Waals surface area contributed by atoms with Gasteiger partial charge in [-0.2, -0.15) is 0 Å². The maximum atomic E-state index is 8.52. The fourth-order valence-corrected chi connectivity index (χ4v) is 0. The molecule has 0 aromatic rings. The molecule has 0 saturated carbocycles. The van der Waals surface area contributed by atoms with E-state index in [1.54, 1.807) is 0 Å². The molecule has 2 N–H and O–H groups in total. The molecule has 0 fully saturated rings. The van der Waals surface area contributed by atoms with Crippen molar-refractivity contribution in [3.63, 3.8) is 0 Å². The molecule has 0 aliphatic carbocycles. The van der Waals surface area contributed by atoms with Gasteiger partial charge in [-0.3, -0.25) is 25.3 Å². The van der Waals surface area contributed by atoms with Gasteiger partial charge in [0.05, 0.1) is 0 Å². The Labute approximate surface area is 133 Å². The minimum absolute atomic E-state index is 0. The molecule has 0 saturated heterocycles. The van der Waals surface area contributed by atoms with Gasteiger partial charge in [0.15, 0.2) is 0 Å². The second kappa shape index (κ2) is 17.6. The van der Waals surface area contributed by atoms with Gasteiger partial charge in [0.1, 0.15) is 0 Å². The molecule has 0 atom stereocenters. The average Bonchev–Trinajstić information content (AvgIpc) is 1.71. The van der Waals surface area contributed by atoms with Gasteiger partial charge < -0.3 is 27.3 Å². The van der Waals surface area contributed by atoms with Crippen molar-refractivity contribution >= 4 is 31.2 Å². The van der Waals surface area contributed by atoms with Crippen molar-refractivity contribution in [2.75, 3.05) is 0 Å². The molecule has 0 amide bonds. The fourth-order valence-electron chi connectivity index (χ4n) is 0. The minimum Gasteiger partial charge on any atom is -0.759 e. The predicted octanol–water partition coefficient (Wildman–Crippen LogP) is -4.07. The molecule has 20 heteroatoms. The molecule has 2 radical (unpaired) electrons. The van der Waals surface area contributed by atoms with E-state index in [2.05, 4.69) is 5.04 Å². The van der Waals surface area contributed by atoms with Crippen LogP contribution in [-0.2, 0) is 70.4 Å². The van der Waals surface area contributed by atoms with Crippen molar-refractivity contribution in [1.29, 1.82) is 0 Å². The summed E-state index contributed by atoms with van der Waals surface area (Å²) in [6, 6.07) is 0. The smallest absolute Gasteiger partial charge is 0.759 e. The monoisotopic (exact) mass is 450 g/mol. The first-order valence-corrected chi connectivity index (χ1v) is 6.37. The largest absolute Gasteiger partial charge is 3.00 e. The maximum Gasteiger partial charge on any atom is 3.00 e. The molecule has 15 nitrogen and oxygen atoms in total. The quantitative estimate of drug-likeness (QED) is 0.117. The summed E-state index contributed by atoms with van der Waals surface area (Å²) in [4.78, 5) is 0. The van der Waals surface area contributed by atoms with Crippen molar-refractivity contribution in [2.45, 2.75) is 0 Å². The Bertz CT molecular complexity index is 356. The van der Waals surface area contributed by atoms with E-state index in [9.17, 15) is 0 Å². The summed E-state index contributed by atoms with van der Waals surface area (Å²) in [7, 11) is -15.5. The van der Waals surface area contributed by atoms with Crippen LogP contribution in [0.4, 0.5) is 0 Å². The van der Waals surface area contributed by atoms with E-state index in [0.717, 1.165) is 0 Å². The Kier molecular flexibility index (Phi) is 32.6. The third kappa shape index (κ3) is 20300. The standard InChI is InChI=1S/2Fe.3H2O4S.H2O3/c;;3*1-5(2,3)4;1-3-2/h;;3*(H2,1,2,3,4);1-2H/q2*+3;;;;/p-6. The molecule has 20 heavy (non-hydrogen) atoms. The zero-order valence-electron chi connectivity index (χ0n) is 8.13. The van der Waals surface area contributed by atoms with Gasteiger partial charge in [-0.25, -0.2) is 10.5 Å². The van der Waals surface area contributed by atoms with Gasteiger partial charge in [0.25, 0.3) is 0 Å². The Morgan fingerprint density at radius 3 is 0.550 bits per heavy atom. The number of rotatable bonds is 0. The van der Waals surface area contributed by atoms with Crippen LogP contribution < -0.4 is 0 Å². The second-order valence-electron chi connectivity index (χ2n) is 1.31. The van der Waals surface area contributed by atoms with Crippen LogP contribution in [0, 0.1) is 0 Å². The molecule has 0 aliphatic rings. The van der Waals surface area contributed by atoms with Gasteiger partial charge in [-0.15, -0.1) is 0 Å². The van der Waals surface area contributed by atoms with E-state index >= 15 is 0 Å². The number of hydrogen-bond donors (Lipinski definition) is 2. The topological polar surface area (TPSA) is 290 Å². The third-order valence-electron chi connectivity index (χ3n) is 0.